The zero-order valence-corrected chi connectivity index (χ0v) is 13.9. The second kappa shape index (κ2) is 8.36. The van der Waals surface area contributed by atoms with Crippen LogP contribution in [0.25, 0.3) is 0 Å². The van der Waals surface area contributed by atoms with Gasteiger partial charge in [-0.15, -0.1) is 0 Å². The molecule has 8 nitrogen and oxygen atoms in total. The van der Waals surface area contributed by atoms with Crippen LogP contribution in [-0.2, 0) is 14.3 Å². The Balaban J connectivity index is 2.26. The molecule has 1 aliphatic heterocycles. The van der Waals surface area contributed by atoms with Crippen LogP contribution in [-0.4, -0.2) is 66.0 Å². The fourth-order valence-corrected chi connectivity index (χ4v) is 2.13. The van der Waals surface area contributed by atoms with Gasteiger partial charge in [0.1, 0.15) is 12.0 Å². The van der Waals surface area contributed by atoms with E-state index in [0.29, 0.717) is 26.2 Å². The molecule has 0 spiro atoms. The Hall–Kier alpha value is -2.30. The molecule has 1 aliphatic rings. The summed E-state index contributed by atoms with van der Waals surface area (Å²) in [6, 6.07) is 1.83. The molecule has 0 aromatic rings. The van der Waals surface area contributed by atoms with Gasteiger partial charge in [0.15, 0.2) is 0 Å². The maximum Gasteiger partial charge on any atom is 0.407 e. The summed E-state index contributed by atoms with van der Waals surface area (Å²) in [6.07, 6.45) is -0.490. The van der Waals surface area contributed by atoms with Crippen molar-refractivity contribution in [2.24, 2.45) is 0 Å². The van der Waals surface area contributed by atoms with Gasteiger partial charge < -0.3 is 19.9 Å². The van der Waals surface area contributed by atoms with Gasteiger partial charge in [0.25, 0.3) is 0 Å². The molecule has 8 heteroatoms. The summed E-state index contributed by atoms with van der Waals surface area (Å²) in [6.45, 7) is 7.28. The van der Waals surface area contributed by atoms with E-state index < -0.39 is 11.7 Å². The van der Waals surface area contributed by atoms with Crippen LogP contribution < -0.4 is 5.32 Å². The van der Waals surface area contributed by atoms with E-state index in [-0.39, 0.29) is 31.2 Å². The fraction of sp³-hybridized carbons (Fsp3) is 0.733. The standard InChI is InChI=1S/C15H24N4O4/c1-15(2,3)23-14(22)17-7-5-13(21)19-10-8-18(9-11-19)12(20)4-6-16/h4-5,7-11H2,1-3H3,(H,17,22). The first-order valence-corrected chi connectivity index (χ1v) is 7.62. The first-order chi connectivity index (χ1) is 10.7. The first kappa shape index (κ1) is 18.7. The highest BCUT2D eigenvalue weighted by molar-refractivity contribution is 5.80. The fourth-order valence-electron chi connectivity index (χ4n) is 2.13. The lowest BCUT2D eigenvalue weighted by molar-refractivity contribution is -0.138. The highest BCUT2D eigenvalue weighted by atomic mass is 16.6. The van der Waals surface area contributed by atoms with Crippen molar-refractivity contribution in [3.8, 4) is 6.07 Å². The molecule has 3 amide bonds. The second-order valence-electron chi connectivity index (χ2n) is 6.28. The summed E-state index contributed by atoms with van der Waals surface area (Å²) in [4.78, 5) is 38.3. The van der Waals surface area contributed by atoms with Crippen molar-refractivity contribution in [1.82, 2.24) is 15.1 Å². The number of nitrogens with zero attached hydrogens (tertiary/aromatic N) is 3. The molecule has 0 aliphatic carbocycles. The van der Waals surface area contributed by atoms with Crippen LogP contribution in [0.5, 0.6) is 0 Å². The Kier molecular flexibility index (Phi) is 6.82. The van der Waals surface area contributed by atoms with Gasteiger partial charge in [0.2, 0.25) is 11.8 Å². The number of carbonyl (C=O) groups is 3. The maximum atomic E-state index is 12.0. The summed E-state index contributed by atoms with van der Waals surface area (Å²) in [5.41, 5.74) is -0.569. The molecule has 1 rings (SSSR count). The van der Waals surface area contributed by atoms with E-state index in [9.17, 15) is 14.4 Å². The lowest BCUT2D eigenvalue weighted by Gasteiger charge is -2.34. The Labute approximate surface area is 136 Å². The average Bonchev–Trinajstić information content (AvgIpc) is 2.45. The van der Waals surface area contributed by atoms with Gasteiger partial charge in [-0.3, -0.25) is 9.59 Å². The molecule has 128 valence electrons. The van der Waals surface area contributed by atoms with Crippen molar-refractivity contribution in [1.29, 1.82) is 5.26 Å². The third kappa shape index (κ3) is 7.00. The lowest BCUT2D eigenvalue weighted by atomic mass is 10.2. The predicted molar refractivity (Wildman–Crippen MR) is 82.2 cm³/mol. The Morgan fingerprint density at radius 2 is 1.61 bits per heavy atom. The largest absolute Gasteiger partial charge is 0.444 e. The second-order valence-corrected chi connectivity index (χ2v) is 6.28. The van der Waals surface area contributed by atoms with E-state index in [1.807, 2.05) is 6.07 Å². The summed E-state index contributed by atoms with van der Waals surface area (Å²) >= 11 is 0. The van der Waals surface area contributed by atoms with Crippen LogP contribution in [0.1, 0.15) is 33.6 Å². The zero-order valence-electron chi connectivity index (χ0n) is 13.9. The van der Waals surface area contributed by atoms with E-state index in [2.05, 4.69) is 5.32 Å². The minimum Gasteiger partial charge on any atom is -0.444 e. The summed E-state index contributed by atoms with van der Waals surface area (Å²) in [7, 11) is 0. The quantitative estimate of drug-likeness (QED) is 0.810. The van der Waals surface area contributed by atoms with E-state index in [4.69, 9.17) is 10.00 Å². The molecule has 0 atom stereocenters. The van der Waals surface area contributed by atoms with Crippen molar-refractivity contribution >= 4 is 17.9 Å². The third-order valence-electron chi connectivity index (χ3n) is 3.22. The summed E-state index contributed by atoms with van der Waals surface area (Å²) < 4.78 is 5.08. The highest BCUT2D eigenvalue weighted by Crippen LogP contribution is 2.07. The van der Waals surface area contributed by atoms with Gasteiger partial charge in [-0.2, -0.15) is 5.26 Å². The maximum absolute atomic E-state index is 12.0. The molecule has 0 radical (unpaired) electrons. The molecule has 1 heterocycles. The Morgan fingerprint density at radius 3 is 2.09 bits per heavy atom. The van der Waals surface area contributed by atoms with Crippen LogP contribution in [0.3, 0.4) is 0 Å². The number of hydrogen-bond acceptors (Lipinski definition) is 5. The molecule has 1 fully saturated rings. The number of nitriles is 1. The molecule has 23 heavy (non-hydrogen) atoms. The van der Waals surface area contributed by atoms with Gasteiger partial charge in [0, 0.05) is 39.1 Å². The first-order valence-electron chi connectivity index (χ1n) is 7.62. The number of nitrogens with one attached hydrogen (secondary N) is 1. The van der Waals surface area contributed by atoms with Crippen molar-refractivity contribution < 1.29 is 19.1 Å². The van der Waals surface area contributed by atoms with Crippen LogP contribution in [0.4, 0.5) is 4.79 Å². The SMILES string of the molecule is CC(C)(C)OC(=O)NCCC(=O)N1CCN(C(=O)CC#N)CC1. The van der Waals surface area contributed by atoms with Gasteiger partial charge in [-0.05, 0) is 20.8 Å². The number of carbonyl (C=O) groups excluding carboxylic acids is 3. The van der Waals surface area contributed by atoms with Crippen molar-refractivity contribution in [3.63, 3.8) is 0 Å². The van der Waals surface area contributed by atoms with Crippen molar-refractivity contribution in [2.75, 3.05) is 32.7 Å². The minimum atomic E-state index is -0.569. The number of rotatable bonds is 4. The smallest absolute Gasteiger partial charge is 0.407 e. The molecule has 0 aromatic carbocycles. The van der Waals surface area contributed by atoms with Crippen LogP contribution in [0.2, 0.25) is 0 Å². The molecule has 1 N–H and O–H groups in total. The molecule has 0 aromatic heterocycles. The Bertz CT molecular complexity index is 485. The topological polar surface area (TPSA) is 103 Å². The van der Waals surface area contributed by atoms with Crippen LogP contribution in [0, 0.1) is 11.3 Å². The predicted octanol–water partition coefficient (Wildman–Crippen LogP) is 0.486. The molecule has 0 unspecified atom stereocenters. The minimum absolute atomic E-state index is 0.0755. The zero-order chi connectivity index (χ0) is 17.5. The van der Waals surface area contributed by atoms with E-state index in [1.165, 1.54) is 0 Å². The number of amides is 3. The lowest BCUT2D eigenvalue weighted by Crippen LogP contribution is -2.51. The van der Waals surface area contributed by atoms with Gasteiger partial charge in [-0.25, -0.2) is 4.79 Å². The van der Waals surface area contributed by atoms with Gasteiger partial charge in [0.05, 0.1) is 6.07 Å². The molecular formula is C15H24N4O4. The molecule has 0 saturated carbocycles. The number of alkyl carbamates (subject to hydrolysis) is 1. The Morgan fingerprint density at radius 1 is 1.09 bits per heavy atom. The number of ether oxygens (including phenoxy) is 1. The average molecular weight is 324 g/mol. The van der Waals surface area contributed by atoms with E-state index >= 15 is 0 Å². The van der Waals surface area contributed by atoms with Crippen LogP contribution >= 0.6 is 0 Å². The van der Waals surface area contributed by atoms with E-state index in [1.54, 1.807) is 30.6 Å². The van der Waals surface area contributed by atoms with Crippen molar-refractivity contribution in [3.05, 3.63) is 0 Å². The third-order valence-corrected chi connectivity index (χ3v) is 3.22. The number of hydrogen-bond donors (Lipinski definition) is 1. The normalized spacial score (nSPS) is 14.9. The highest BCUT2D eigenvalue weighted by Gasteiger charge is 2.24. The van der Waals surface area contributed by atoms with Gasteiger partial charge in [-0.1, -0.05) is 0 Å². The monoisotopic (exact) mass is 324 g/mol. The molecule has 0 bridgehead atoms. The van der Waals surface area contributed by atoms with Crippen LogP contribution in [0.15, 0.2) is 0 Å². The van der Waals surface area contributed by atoms with Gasteiger partial charge >= 0.3 is 6.09 Å². The molecule has 1 saturated heterocycles. The summed E-state index contributed by atoms with van der Waals surface area (Å²) in [5, 5.41) is 11.1. The molecular weight excluding hydrogens is 300 g/mol. The number of piperazine rings is 1. The van der Waals surface area contributed by atoms with E-state index in [0.717, 1.165) is 0 Å². The summed E-state index contributed by atoms with van der Waals surface area (Å²) in [5.74, 6) is -0.278. The van der Waals surface area contributed by atoms with Crippen molar-refractivity contribution in [2.45, 2.75) is 39.2 Å².